The number of carbonyl (C=O) groups is 1. The molecule has 0 aliphatic carbocycles. The summed E-state index contributed by atoms with van der Waals surface area (Å²) in [5.74, 6) is 1.71. The maximum atomic E-state index is 14.4. The molecule has 14 heteroatoms. The number of hydrogen-bond donors (Lipinski definition) is 0. The van der Waals surface area contributed by atoms with Crippen molar-refractivity contribution in [1.82, 2.24) is 29.5 Å². The van der Waals surface area contributed by atoms with Crippen molar-refractivity contribution in [3.05, 3.63) is 88.6 Å². The molecule has 282 valence electrons. The van der Waals surface area contributed by atoms with Crippen LogP contribution in [0.1, 0.15) is 54.2 Å². The highest BCUT2D eigenvalue weighted by Gasteiger charge is 2.32. The molecule has 1 aliphatic rings. The lowest BCUT2D eigenvalue weighted by atomic mass is 9.97. The van der Waals surface area contributed by atoms with Crippen LogP contribution in [0.3, 0.4) is 0 Å². The first-order valence-electron chi connectivity index (χ1n) is 18.1. The van der Waals surface area contributed by atoms with Crippen LogP contribution in [0, 0.1) is 13.8 Å². The third kappa shape index (κ3) is 8.15. The minimum absolute atomic E-state index is 0.0832. The number of rotatable bonds is 15. The smallest absolute Gasteiger partial charge is 0.268 e. The van der Waals surface area contributed by atoms with Crippen molar-refractivity contribution >= 4 is 32.9 Å². The Labute approximate surface area is 311 Å². The van der Waals surface area contributed by atoms with E-state index in [0.717, 1.165) is 77.0 Å². The molecule has 0 bridgehead atoms. The fourth-order valence-corrected chi connectivity index (χ4v) is 8.23. The van der Waals surface area contributed by atoms with Crippen molar-refractivity contribution in [2.24, 2.45) is 0 Å². The molecule has 1 fully saturated rings. The maximum Gasteiger partial charge on any atom is 0.268 e. The predicted octanol–water partition coefficient (Wildman–Crippen LogP) is 5.36. The second-order valence-electron chi connectivity index (χ2n) is 13.5. The molecule has 0 saturated carbocycles. The molecule has 1 aliphatic heterocycles. The highest BCUT2D eigenvalue weighted by Crippen LogP contribution is 2.35. The minimum atomic E-state index is -4.16. The monoisotopic (exact) mass is 743 g/mol. The predicted molar refractivity (Wildman–Crippen MR) is 203 cm³/mol. The molecule has 0 unspecified atom stereocenters. The Bertz CT molecular complexity index is 2170. The van der Waals surface area contributed by atoms with E-state index < -0.39 is 10.0 Å². The largest absolute Gasteiger partial charge is 0.377 e. The van der Waals surface area contributed by atoms with E-state index in [1.54, 1.807) is 32.0 Å². The average molecular weight is 744 g/mol. The van der Waals surface area contributed by atoms with E-state index in [2.05, 4.69) is 34.7 Å². The molecule has 13 nitrogen and oxygen atoms in total. The quantitative estimate of drug-likeness (QED) is 0.129. The molecule has 0 spiro atoms. The summed E-state index contributed by atoms with van der Waals surface area (Å²) in [4.78, 5) is 27.4. The molecule has 1 saturated heterocycles. The lowest BCUT2D eigenvalue weighted by Gasteiger charge is -2.32. The second kappa shape index (κ2) is 16.6. The Morgan fingerprint density at radius 2 is 1.75 bits per heavy atom. The summed E-state index contributed by atoms with van der Waals surface area (Å²) < 4.78 is 48.7. The van der Waals surface area contributed by atoms with Gasteiger partial charge in [-0.2, -0.15) is 0 Å². The van der Waals surface area contributed by atoms with Crippen LogP contribution in [0.15, 0.2) is 64.0 Å². The Kier molecular flexibility index (Phi) is 11.9. The van der Waals surface area contributed by atoms with Gasteiger partial charge in [-0.3, -0.25) is 4.79 Å². The standard InChI is InChI=1S/C39H49N7O6S/c1-7-11-36-41-34-17-15-31(23-37(47)44-20-18-43(5)19-21-44)40-39(34)45(36)24-29-14-16-32(30(22-29)25-51-8-2)33-12-9-10-13-35(33)53(48,49)46(26-50-6)38-27(3)28(4)52-42-38/h9-10,12-17,22H,7-8,11,18-21,23-26H2,1-6H3. The van der Waals surface area contributed by atoms with E-state index in [0.29, 0.717) is 35.7 Å². The first-order chi connectivity index (χ1) is 25.5. The first kappa shape index (κ1) is 38.1. The third-order valence-electron chi connectivity index (χ3n) is 9.72. The number of aryl methyl sites for hydroxylation is 2. The number of amides is 1. The van der Waals surface area contributed by atoms with Gasteiger partial charge < -0.3 is 28.4 Å². The highest BCUT2D eigenvalue weighted by atomic mass is 32.2. The number of imidazole rings is 1. The van der Waals surface area contributed by atoms with Gasteiger partial charge in [0.1, 0.15) is 23.8 Å². The van der Waals surface area contributed by atoms with Gasteiger partial charge in [0, 0.05) is 57.4 Å². The minimum Gasteiger partial charge on any atom is -0.377 e. The van der Waals surface area contributed by atoms with Gasteiger partial charge in [-0.25, -0.2) is 22.7 Å². The number of pyridine rings is 1. The number of hydrogen-bond acceptors (Lipinski definition) is 10. The number of nitrogens with zero attached hydrogens (tertiary/aromatic N) is 7. The molecule has 0 atom stereocenters. The first-order valence-corrected chi connectivity index (χ1v) is 19.5. The molecular formula is C39H49N7O6S. The van der Waals surface area contributed by atoms with Crippen LogP contribution in [0.5, 0.6) is 0 Å². The molecule has 4 heterocycles. The Morgan fingerprint density at radius 1 is 0.981 bits per heavy atom. The molecule has 2 aromatic carbocycles. The van der Waals surface area contributed by atoms with Crippen LogP contribution in [0.2, 0.25) is 0 Å². The van der Waals surface area contributed by atoms with Crippen molar-refractivity contribution in [3.63, 3.8) is 0 Å². The molecular weight excluding hydrogens is 695 g/mol. The zero-order valence-corrected chi connectivity index (χ0v) is 32.3. The summed E-state index contributed by atoms with van der Waals surface area (Å²) >= 11 is 0. The summed E-state index contributed by atoms with van der Waals surface area (Å²) in [7, 11) is -0.644. The van der Waals surface area contributed by atoms with Crippen molar-refractivity contribution in [2.45, 2.75) is 65.0 Å². The lowest BCUT2D eigenvalue weighted by molar-refractivity contribution is -0.132. The maximum absolute atomic E-state index is 14.4. The molecule has 53 heavy (non-hydrogen) atoms. The van der Waals surface area contributed by atoms with Crippen LogP contribution in [-0.2, 0) is 50.3 Å². The van der Waals surface area contributed by atoms with E-state index in [1.165, 1.54) is 7.11 Å². The number of piperazine rings is 1. The van der Waals surface area contributed by atoms with Gasteiger partial charge in [0.25, 0.3) is 10.0 Å². The van der Waals surface area contributed by atoms with Crippen molar-refractivity contribution in [3.8, 4) is 11.1 Å². The van der Waals surface area contributed by atoms with Gasteiger partial charge in [0.15, 0.2) is 11.5 Å². The van der Waals surface area contributed by atoms with Crippen molar-refractivity contribution in [2.75, 3.05) is 58.0 Å². The van der Waals surface area contributed by atoms with Gasteiger partial charge in [-0.05, 0) is 69.1 Å². The number of sulfonamides is 1. The summed E-state index contributed by atoms with van der Waals surface area (Å²) in [5, 5.41) is 4.06. The van der Waals surface area contributed by atoms with E-state index in [1.807, 2.05) is 42.2 Å². The third-order valence-corrected chi connectivity index (χ3v) is 11.5. The number of carbonyl (C=O) groups excluding carboxylic acids is 1. The fraction of sp³-hybridized carbons (Fsp3) is 0.436. The summed E-state index contributed by atoms with van der Waals surface area (Å²) in [6, 6.07) is 16.8. The number of ether oxygens (including phenoxy) is 2. The van der Waals surface area contributed by atoms with Crippen LogP contribution in [0.25, 0.3) is 22.3 Å². The lowest BCUT2D eigenvalue weighted by Crippen LogP contribution is -2.47. The van der Waals surface area contributed by atoms with E-state index in [4.69, 9.17) is 24.0 Å². The second-order valence-corrected chi connectivity index (χ2v) is 15.3. The Hall–Kier alpha value is -4.63. The molecule has 5 aromatic rings. The van der Waals surface area contributed by atoms with E-state index in [-0.39, 0.29) is 36.4 Å². The number of aromatic nitrogens is 4. The van der Waals surface area contributed by atoms with Gasteiger partial charge in [-0.1, -0.05) is 48.5 Å². The van der Waals surface area contributed by atoms with Gasteiger partial charge >= 0.3 is 0 Å². The van der Waals surface area contributed by atoms with Gasteiger partial charge in [0.2, 0.25) is 5.91 Å². The molecule has 0 N–H and O–H groups in total. The van der Waals surface area contributed by atoms with Crippen LogP contribution in [0.4, 0.5) is 5.82 Å². The topological polar surface area (TPSA) is 136 Å². The van der Waals surface area contributed by atoms with Crippen LogP contribution in [-0.4, -0.2) is 97.5 Å². The van der Waals surface area contributed by atoms with Crippen molar-refractivity contribution in [1.29, 1.82) is 0 Å². The molecule has 1 amide bonds. The summed E-state index contributed by atoms with van der Waals surface area (Å²) in [6.45, 7) is 11.7. The number of fused-ring (bicyclic) bond motifs is 1. The zero-order valence-electron chi connectivity index (χ0n) is 31.5. The SMILES string of the molecule is CCCc1nc2ccc(CC(=O)N3CCN(C)CC3)nc2n1Cc1ccc(-c2ccccc2S(=O)(=O)N(COC)c2noc(C)c2C)c(COCC)c1. The molecule has 3 aromatic heterocycles. The summed E-state index contributed by atoms with van der Waals surface area (Å²) in [6.07, 6.45) is 1.91. The van der Waals surface area contributed by atoms with Crippen molar-refractivity contribution < 1.29 is 27.2 Å². The fourth-order valence-electron chi connectivity index (χ4n) is 6.64. The highest BCUT2D eigenvalue weighted by molar-refractivity contribution is 7.93. The Morgan fingerprint density at radius 3 is 2.45 bits per heavy atom. The Balaban J connectivity index is 1.36. The van der Waals surface area contributed by atoms with Gasteiger partial charge in [0.05, 0.1) is 30.2 Å². The number of anilines is 1. The zero-order chi connectivity index (χ0) is 37.7. The summed E-state index contributed by atoms with van der Waals surface area (Å²) in [5.41, 5.74) is 5.94. The van der Waals surface area contributed by atoms with Crippen LogP contribution < -0.4 is 4.31 Å². The van der Waals surface area contributed by atoms with Crippen LogP contribution >= 0.6 is 0 Å². The van der Waals surface area contributed by atoms with E-state index in [9.17, 15) is 13.2 Å². The average Bonchev–Trinajstić information content (AvgIpc) is 3.66. The molecule has 6 rings (SSSR count). The van der Waals surface area contributed by atoms with Gasteiger partial charge in [-0.15, -0.1) is 0 Å². The number of methoxy groups -OCH3 is 1. The van der Waals surface area contributed by atoms with E-state index >= 15 is 0 Å². The number of benzene rings is 2. The number of likely N-dealkylation sites (N-methyl/N-ethyl adjacent to an activating group) is 1. The molecule has 0 radical (unpaired) electrons. The normalized spacial score (nSPS) is 14.0.